The molecule has 18 heavy (non-hydrogen) atoms. The number of anilines is 1. The third kappa shape index (κ3) is 4.78. The first-order valence-corrected chi connectivity index (χ1v) is 6.71. The van der Waals surface area contributed by atoms with Crippen molar-refractivity contribution in [3.05, 3.63) is 16.3 Å². The van der Waals surface area contributed by atoms with Gasteiger partial charge in [0.15, 0.2) is 11.0 Å². The molecule has 1 rings (SSSR count). The molecule has 0 saturated carbocycles. The summed E-state index contributed by atoms with van der Waals surface area (Å²) in [6, 6.07) is 0. The van der Waals surface area contributed by atoms with E-state index in [4.69, 9.17) is 16.3 Å². The van der Waals surface area contributed by atoms with Gasteiger partial charge in [-0.3, -0.25) is 0 Å². The summed E-state index contributed by atoms with van der Waals surface area (Å²) in [5.74, 6) is 1.39. The van der Waals surface area contributed by atoms with Crippen LogP contribution in [0, 0.1) is 19.8 Å². The molecule has 0 radical (unpaired) electrons. The minimum absolute atomic E-state index is 0.471. The van der Waals surface area contributed by atoms with E-state index in [1.165, 1.54) is 0 Å². The van der Waals surface area contributed by atoms with Gasteiger partial charge in [-0.2, -0.15) is 0 Å². The van der Waals surface area contributed by atoms with Crippen molar-refractivity contribution >= 4 is 17.4 Å². The molecular weight excluding hydrogens is 250 g/mol. The lowest BCUT2D eigenvalue weighted by Crippen LogP contribution is -2.11. The summed E-state index contributed by atoms with van der Waals surface area (Å²) >= 11 is 5.90. The van der Waals surface area contributed by atoms with Crippen LogP contribution in [0.15, 0.2) is 0 Å². The smallest absolute Gasteiger partial charge is 0.155 e. The summed E-state index contributed by atoms with van der Waals surface area (Å²) in [5, 5.41) is 11.7. The number of nitrogens with zero attached hydrogens (tertiary/aromatic N) is 2. The molecule has 0 fully saturated rings. The Balaban J connectivity index is 2.30. The second-order valence-electron chi connectivity index (χ2n) is 4.84. The van der Waals surface area contributed by atoms with Gasteiger partial charge in [0.2, 0.25) is 0 Å². The van der Waals surface area contributed by atoms with Gasteiger partial charge >= 0.3 is 0 Å². The van der Waals surface area contributed by atoms with Gasteiger partial charge in [0.1, 0.15) is 0 Å². The molecule has 0 bridgehead atoms. The van der Waals surface area contributed by atoms with E-state index in [2.05, 4.69) is 29.4 Å². The van der Waals surface area contributed by atoms with Crippen LogP contribution < -0.4 is 5.32 Å². The Hall–Kier alpha value is -0.870. The van der Waals surface area contributed by atoms with Crippen molar-refractivity contribution in [2.24, 2.45) is 5.92 Å². The molecule has 1 aromatic heterocycles. The molecule has 1 heterocycles. The van der Waals surface area contributed by atoms with Crippen LogP contribution in [-0.2, 0) is 4.74 Å². The summed E-state index contributed by atoms with van der Waals surface area (Å²) in [7, 11) is 0. The fourth-order valence-electron chi connectivity index (χ4n) is 1.44. The van der Waals surface area contributed by atoms with Crippen LogP contribution in [0.2, 0.25) is 5.15 Å². The maximum atomic E-state index is 5.90. The number of nitrogens with one attached hydrogen (secondary N) is 1. The van der Waals surface area contributed by atoms with Crippen LogP contribution in [0.3, 0.4) is 0 Å². The van der Waals surface area contributed by atoms with Crippen molar-refractivity contribution in [2.75, 3.05) is 25.1 Å². The topological polar surface area (TPSA) is 47.0 Å². The van der Waals surface area contributed by atoms with E-state index in [1.54, 1.807) is 0 Å². The monoisotopic (exact) mass is 271 g/mol. The summed E-state index contributed by atoms with van der Waals surface area (Å²) in [6.45, 7) is 10.6. The maximum absolute atomic E-state index is 5.90. The first kappa shape index (κ1) is 15.2. The molecule has 0 aliphatic rings. The van der Waals surface area contributed by atoms with Crippen molar-refractivity contribution in [1.29, 1.82) is 0 Å². The number of rotatable bonds is 7. The van der Waals surface area contributed by atoms with Crippen LogP contribution in [0.4, 0.5) is 5.82 Å². The molecule has 1 aromatic rings. The van der Waals surface area contributed by atoms with E-state index in [-0.39, 0.29) is 0 Å². The highest BCUT2D eigenvalue weighted by atomic mass is 35.5. The Bertz CT molecular complexity index is 383. The zero-order chi connectivity index (χ0) is 13.5. The predicted molar refractivity (Wildman–Crippen MR) is 75.3 cm³/mol. The molecule has 5 heteroatoms. The fourth-order valence-corrected chi connectivity index (χ4v) is 1.62. The van der Waals surface area contributed by atoms with Crippen molar-refractivity contribution in [2.45, 2.75) is 34.1 Å². The van der Waals surface area contributed by atoms with E-state index in [0.29, 0.717) is 11.1 Å². The Labute approximate surface area is 114 Å². The third-order valence-corrected chi connectivity index (χ3v) is 3.03. The van der Waals surface area contributed by atoms with E-state index in [9.17, 15) is 0 Å². The van der Waals surface area contributed by atoms with Gasteiger partial charge in [-0.05, 0) is 37.3 Å². The summed E-state index contributed by atoms with van der Waals surface area (Å²) in [6.07, 6.45) is 0.954. The van der Waals surface area contributed by atoms with Gasteiger partial charge in [0.05, 0.1) is 0 Å². The number of ether oxygens (including phenoxy) is 1. The van der Waals surface area contributed by atoms with E-state index in [1.807, 2.05) is 13.8 Å². The average Bonchev–Trinajstić information content (AvgIpc) is 2.33. The molecule has 0 unspecified atom stereocenters. The van der Waals surface area contributed by atoms with Crippen LogP contribution in [0.5, 0.6) is 0 Å². The molecule has 0 spiro atoms. The second kappa shape index (κ2) is 7.54. The molecule has 0 amide bonds. The Morgan fingerprint density at radius 2 is 1.94 bits per heavy atom. The number of hydrogen-bond acceptors (Lipinski definition) is 4. The lowest BCUT2D eigenvalue weighted by molar-refractivity contribution is 0.110. The number of halogens is 1. The highest BCUT2D eigenvalue weighted by Crippen LogP contribution is 2.20. The second-order valence-corrected chi connectivity index (χ2v) is 5.20. The lowest BCUT2D eigenvalue weighted by Gasteiger charge is -2.11. The molecule has 0 aromatic carbocycles. The van der Waals surface area contributed by atoms with Gasteiger partial charge < -0.3 is 10.1 Å². The molecule has 102 valence electrons. The zero-order valence-corrected chi connectivity index (χ0v) is 12.3. The van der Waals surface area contributed by atoms with Gasteiger partial charge in [-0.25, -0.2) is 0 Å². The van der Waals surface area contributed by atoms with Crippen LogP contribution in [0.1, 0.15) is 31.4 Å². The minimum Gasteiger partial charge on any atom is -0.381 e. The van der Waals surface area contributed by atoms with Crippen LogP contribution >= 0.6 is 11.6 Å². The highest BCUT2D eigenvalue weighted by molar-refractivity contribution is 6.30. The predicted octanol–water partition coefficient (Wildman–Crippen LogP) is 3.22. The van der Waals surface area contributed by atoms with Crippen molar-refractivity contribution in [3.8, 4) is 0 Å². The van der Waals surface area contributed by atoms with Crippen LogP contribution in [0.25, 0.3) is 0 Å². The minimum atomic E-state index is 0.471. The van der Waals surface area contributed by atoms with E-state index < -0.39 is 0 Å². The van der Waals surface area contributed by atoms with Gasteiger partial charge in [0.25, 0.3) is 0 Å². The summed E-state index contributed by atoms with van der Waals surface area (Å²) in [5.41, 5.74) is 2.03. The van der Waals surface area contributed by atoms with Gasteiger partial charge in [-0.1, -0.05) is 25.4 Å². The Morgan fingerprint density at radius 1 is 1.22 bits per heavy atom. The number of hydrogen-bond donors (Lipinski definition) is 1. The van der Waals surface area contributed by atoms with Crippen molar-refractivity contribution in [1.82, 2.24) is 10.2 Å². The normalized spacial score (nSPS) is 11.0. The standard InChI is InChI=1S/C13H22ClN3O/c1-9(2)8-18-7-5-6-15-13-11(4)10(3)12(14)16-17-13/h9H,5-8H2,1-4H3,(H,15,17). The Morgan fingerprint density at radius 3 is 2.61 bits per heavy atom. The van der Waals surface area contributed by atoms with Gasteiger partial charge in [0, 0.05) is 19.8 Å². The zero-order valence-electron chi connectivity index (χ0n) is 11.6. The van der Waals surface area contributed by atoms with Crippen molar-refractivity contribution in [3.63, 3.8) is 0 Å². The Kier molecular flexibility index (Phi) is 6.36. The molecule has 0 atom stereocenters. The molecule has 0 aliphatic heterocycles. The van der Waals surface area contributed by atoms with E-state index in [0.717, 1.165) is 43.1 Å². The number of aromatic nitrogens is 2. The summed E-state index contributed by atoms with van der Waals surface area (Å²) < 4.78 is 5.51. The quantitative estimate of drug-likeness (QED) is 0.774. The molecular formula is C13H22ClN3O. The average molecular weight is 272 g/mol. The molecule has 1 N–H and O–H groups in total. The maximum Gasteiger partial charge on any atom is 0.155 e. The lowest BCUT2D eigenvalue weighted by atomic mass is 10.2. The first-order valence-electron chi connectivity index (χ1n) is 6.33. The highest BCUT2D eigenvalue weighted by Gasteiger charge is 2.07. The van der Waals surface area contributed by atoms with Crippen molar-refractivity contribution < 1.29 is 4.74 Å². The third-order valence-electron chi connectivity index (χ3n) is 2.67. The molecule has 0 saturated heterocycles. The van der Waals surface area contributed by atoms with Gasteiger partial charge in [-0.15, -0.1) is 10.2 Å². The fraction of sp³-hybridized carbons (Fsp3) is 0.692. The summed E-state index contributed by atoms with van der Waals surface area (Å²) in [4.78, 5) is 0. The van der Waals surface area contributed by atoms with Crippen LogP contribution in [-0.4, -0.2) is 30.0 Å². The van der Waals surface area contributed by atoms with E-state index >= 15 is 0 Å². The molecule has 4 nitrogen and oxygen atoms in total. The SMILES string of the molecule is Cc1c(Cl)nnc(NCCCOCC(C)C)c1C. The molecule has 0 aliphatic carbocycles. The first-order chi connectivity index (χ1) is 8.52. The largest absolute Gasteiger partial charge is 0.381 e.